The highest BCUT2D eigenvalue weighted by Crippen LogP contribution is 2.39. The third-order valence-electron chi connectivity index (χ3n) is 5.51. The summed E-state index contributed by atoms with van der Waals surface area (Å²) in [7, 11) is 0. The molecule has 1 heterocycles. The zero-order valence-electron chi connectivity index (χ0n) is 12.8. The third-order valence-corrected chi connectivity index (χ3v) is 5.51. The predicted octanol–water partition coefficient (Wildman–Crippen LogP) is 5.07. The quantitative estimate of drug-likeness (QED) is 0.830. The van der Waals surface area contributed by atoms with Crippen LogP contribution in [0.25, 0.3) is 0 Å². The van der Waals surface area contributed by atoms with Crippen LogP contribution in [-0.2, 0) is 0 Å². The molecule has 3 atom stereocenters. The fourth-order valence-electron chi connectivity index (χ4n) is 4.43. The van der Waals surface area contributed by atoms with Gasteiger partial charge >= 0.3 is 0 Å². The van der Waals surface area contributed by atoms with Gasteiger partial charge in [-0.15, -0.1) is 0 Å². The average molecular weight is 275 g/mol. The molecule has 2 unspecified atom stereocenters. The summed E-state index contributed by atoms with van der Waals surface area (Å²) in [5.41, 5.74) is 0. The van der Waals surface area contributed by atoms with Crippen molar-refractivity contribution in [2.75, 3.05) is 0 Å². The molecule has 112 valence electrons. The monoisotopic (exact) mass is 275 g/mol. The minimum atomic E-state index is 0.346. The van der Waals surface area contributed by atoms with Gasteiger partial charge in [0.05, 0.1) is 12.3 Å². The summed E-state index contributed by atoms with van der Waals surface area (Å²) in [5.74, 6) is 2.96. The van der Waals surface area contributed by atoms with E-state index in [1.807, 2.05) is 6.07 Å². The maximum atomic E-state index is 5.56. The van der Waals surface area contributed by atoms with Crippen LogP contribution in [0.4, 0.5) is 0 Å². The SMILES string of the molecule is C[C@@H](NC1CCCCC1C1CCCCC1)c1ccco1. The summed E-state index contributed by atoms with van der Waals surface area (Å²) in [6.45, 7) is 2.24. The second-order valence-electron chi connectivity index (χ2n) is 6.86. The Balaban J connectivity index is 1.62. The summed E-state index contributed by atoms with van der Waals surface area (Å²) in [5, 5.41) is 3.87. The van der Waals surface area contributed by atoms with E-state index >= 15 is 0 Å². The van der Waals surface area contributed by atoms with Gasteiger partial charge in [-0.3, -0.25) is 0 Å². The van der Waals surface area contributed by atoms with Crippen LogP contribution >= 0.6 is 0 Å². The summed E-state index contributed by atoms with van der Waals surface area (Å²) < 4.78 is 5.56. The number of nitrogens with one attached hydrogen (secondary N) is 1. The molecule has 0 radical (unpaired) electrons. The molecule has 0 aromatic carbocycles. The van der Waals surface area contributed by atoms with Crippen molar-refractivity contribution in [3.05, 3.63) is 24.2 Å². The normalized spacial score (nSPS) is 30.2. The van der Waals surface area contributed by atoms with Crippen LogP contribution in [0.15, 0.2) is 22.8 Å². The first-order valence-corrected chi connectivity index (χ1v) is 8.64. The Labute approximate surface area is 123 Å². The summed E-state index contributed by atoms with van der Waals surface area (Å²) in [4.78, 5) is 0. The molecule has 0 bridgehead atoms. The van der Waals surface area contributed by atoms with E-state index in [0.29, 0.717) is 12.1 Å². The number of furan rings is 1. The molecular formula is C18H29NO. The third kappa shape index (κ3) is 3.28. The standard InChI is InChI=1S/C18H29NO/c1-14(18-12-7-13-20-18)19-17-11-6-5-10-16(17)15-8-3-2-4-9-15/h7,12-17,19H,2-6,8-11H2,1H3/t14-,16?,17?/m1/s1. The van der Waals surface area contributed by atoms with Crippen LogP contribution in [0.2, 0.25) is 0 Å². The van der Waals surface area contributed by atoms with Crippen LogP contribution in [-0.4, -0.2) is 6.04 Å². The van der Waals surface area contributed by atoms with Gasteiger partial charge in [-0.25, -0.2) is 0 Å². The van der Waals surface area contributed by atoms with E-state index < -0.39 is 0 Å². The molecule has 2 saturated carbocycles. The first-order valence-electron chi connectivity index (χ1n) is 8.64. The molecule has 2 nitrogen and oxygen atoms in total. The Bertz CT molecular complexity index is 380. The van der Waals surface area contributed by atoms with Gasteiger partial charge in [-0.05, 0) is 43.7 Å². The van der Waals surface area contributed by atoms with Gasteiger partial charge in [-0.2, -0.15) is 0 Å². The highest BCUT2D eigenvalue weighted by molar-refractivity contribution is 5.04. The first-order chi connectivity index (χ1) is 9.84. The molecule has 20 heavy (non-hydrogen) atoms. The van der Waals surface area contributed by atoms with E-state index in [1.54, 1.807) is 6.26 Å². The topological polar surface area (TPSA) is 25.2 Å². The summed E-state index contributed by atoms with van der Waals surface area (Å²) in [6, 6.07) is 5.13. The lowest BCUT2D eigenvalue weighted by molar-refractivity contribution is 0.140. The Morgan fingerprint density at radius 3 is 2.55 bits per heavy atom. The molecule has 0 aliphatic heterocycles. The molecule has 2 aliphatic rings. The van der Waals surface area contributed by atoms with Gasteiger partial charge in [0.1, 0.15) is 5.76 Å². The molecule has 2 heteroatoms. The maximum absolute atomic E-state index is 5.56. The van der Waals surface area contributed by atoms with Gasteiger partial charge in [-0.1, -0.05) is 44.9 Å². The molecule has 2 fully saturated rings. The molecule has 0 amide bonds. The van der Waals surface area contributed by atoms with E-state index in [9.17, 15) is 0 Å². The van der Waals surface area contributed by atoms with Gasteiger partial charge in [0.25, 0.3) is 0 Å². The summed E-state index contributed by atoms with van der Waals surface area (Å²) in [6.07, 6.45) is 14.7. The minimum absolute atomic E-state index is 0.346. The Morgan fingerprint density at radius 1 is 1.05 bits per heavy atom. The first kappa shape index (κ1) is 14.2. The molecule has 1 N–H and O–H groups in total. The number of hydrogen-bond acceptors (Lipinski definition) is 2. The van der Waals surface area contributed by atoms with Gasteiger partial charge < -0.3 is 9.73 Å². The highest BCUT2D eigenvalue weighted by Gasteiger charge is 2.33. The predicted molar refractivity (Wildman–Crippen MR) is 82.6 cm³/mol. The van der Waals surface area contributed by atoms with Gasteiger partial charge in [0, 0.05) is 6.04 Å². The molecule has 2 aliphatic carbocycles. The fourth-order valence-corrected chi connectivity index (χ4v) is 4.43. The second kappa shape index (κ2) is 6.80. The zero-order chi connectivity index (χ0) is 13.8. The van der Waals surface area contributed by atoms with E-state index in [2.05, 4.69) is 18.3 Å². The maximum Gasteiger partial charge on any atom is 0.120 e. The van der Waals surface area contributed by atoms with Crippen molar-refractivity contribution in [2.45, 2.75) is 76.8 Å². The fraction of sp³-hybridized carbons (Fsp3) is 0.778. The van der Waals surface area contributed by atoms with E-state index in [1.165, 1.54) is 57.8 Å². The molecular weight excluding hydrogens is 246 g/mol. The Morgan fingerprint density at radius 2 is 1.80 bits per heavy atom. The van der Waals surface area contributed by atoms with Crippen molar-refractivity contribution in [1.29, 1.82) is 0 Å². The van der Waals surface area contributed by atoms with Crippen molar-refractivity contribution >= 4 is 0 Å². The van der Waals surface area contributed by atoms with Crippen LogP contribution < -0.4 is 5.32 Å². The van der Waals surface area contributed by atoms with E-state index in [-0.39, 0.29) is 0 Å². The smallest absolute Gasteiger partial charge is 0.120 e. The number of rotatable bonds is 4. The van der Waals surface area contributed by atoms with Crippen molar-refractivity contribution in [2.24, 2.45) is 11.8 Å². The number of hydrogen-bond donors (Lipinski definition) is 1. The largest absolute Gasteiger partial charge is 0.468 e. The van der Waals surface area contributed by atoms with Crippen molar-refractivity contribution in [3.63, 3.8) is 0 Å². The second-order valence-corrected chi connectivity index (χ2v) is 6.86. The summed E-state index contributed by atoms with van der Waals surface area (Å²) >= 11 is 0. The van der Waals surface area contributed by atoms with Crippen LogP contribution in [0, 0.1) is 11.8 Å². The lowest BCUT2D eigenvalue weighted by Gasteiger charge is -2.40. The lowest BCUT2D eigenvalue weighted by atomic mass is 9.71. The van der Waals surface area contributed by atoms with E-state index in [0.717, 1.165) is 17.6 Å². The average Bonchev–Trinajstić information content (AvgIpc) is 3.03. The molecule has 3 rings (SSSR count). The van der Waals surface area contributed by atoms with E-state index in [4.69, 9.17) is 4.42 Å². The van der Waals surface area contributed by atoms with Crippen molar-refractivity contribution in [1.82, 2.24) is 5.32 Å². The Hall–Kier alpha value is -0.760. The van der Waals surface area contributed by atoms with Crippen molar-refractivity contribution < 1.29 is 4.42 Å². The van der Waals surface area contributed by atoms with Crippen LogP contribution in [0.5, 0.6) is 0 Å². The van der Waals surface area contributed by atoms with Crippen molar-refractivity contribution in [3.8, 4) is 0 Å². The highest BCUT2D eigenvalue weighted by atomic mass is 16.3. The van der Waals surface area contributed by atoms with Gasteiger partial charge in [0.2, 0.25) is 0 Å². The molecule has 1 aromatic rings. The Kier molecular flexibility index (Phi) is 4.82. The van der Waals surface area contributed by atoms with Gasteiger partial charge in [0.15, 0.2) is 0 Å². The molecule has 0 spiro atoms. The molecule has 1 aromatic heterocycles. The minimum Gasteiger partial charge on any atom is -0.468 e. The lowest BCUT2D eigenvalue weighted by Crippen LogP contribution is -2.43. The zero-order valence-corrected chi connectivity index (χ0v) is 12.8. The van der Waals surface area contributed by atoms with Crippen LogP contribution in [0.3, 0.4) is 0 Å². The molecule has 0 saturated heterocycles. The van der Waals surface area contributed by atoms with Crippen LogP contribution in [0.1, 0.15) is 76.5 Å².